The van der Waals surface area contributed by atoms with E-state index in [1.807, 2.05) is 4.90 Å². The number of ether oxygens (including phenoxy) is 1. The molecule has 5 nitrogen and oxygen atoms in total. The molecule has 1 fully saturated rings. The van der Waals surface area contributed by atoms with Crippen LogP contribution in [0.4, 0.5) is 0 Å². The van der Waals surface area contributed by atoms with Crippen molar-refractivity contribution in [2.75, 3.05) is 19.0 Å². The first-order valence-electron chi connectivity index (χ1n) is 7.54. The van der Waals surface area contributed by atoms with Gasteiger partial charge in [0.05, 0.1) is 6.54 Å². The highest BCUT2D eigenvalue weighted by Gasteiger charge is 2.25. The van der Waals surface area contributed by atoms with Gasteiger partial charge in [0.15, 0.2) is 0 Å². The number of carbonyl (C=O) groups is 1. The lowest BCUT2D eigenvalue weighted by Gasteiger charge is -2.32. The van der Waals surface area contributed by atoms with Gasteiger partial charge < -0.3 is 9.64 Å². The fraction of sp³-hybridized carbons (Fsp3) is 0.667. The lowest BCUT2D eigenvalue weighted by Crippen LogP contribution is -2.44. The number of aryl methyl sites for hydroxylation is 1. The molecule has 0 saturated carbocycles. The van der Waals surface area contributed by atoms with Crippen LogP contribution in [0, 0.1) is 0 Å². The molecule has 0 aromatic carbocycles. The van der Waals surface area contributed by atoms with Gasteiger partial charge in [0.1, 0.15) is 6.10 Å². The van der Waals surface area contributed by atoms with Crippen LogP contribution in [0.2, 0.25) is 0 Å². The molecule has 0 spiro atoms. The van der Waals surface area contributed by atoms with E-state index in [0.717, 1.165) is 37.8 Å². The van der Waals surface area contributed by atoms with Crippen molar-refractivity contribution >= 4 is 17.5 Å². The van der Waals surface area contributed by atoms with E-state index >= 15 is 0 Å². The Bertz CT molecular complexity index is 453. The average Bonchev–Trinajstić information content (AvgIpc) is 2.53. The molecule has 1 saturated heterocycles. The Labute approximate surface area is 130 Å². The first-order chi connectivity index (χ1) is 10.2. The summed E-state index contributed by atoms with van der Waals surface area (Å²) in [5.74, 6) is 0.683. The topological polar surface area (TPSA) is 55.3 Å². The fourth-order valence-corrected chi connectivity index (χ4v) is 2.51. The Morgan fingerprint density at radius 2 is 2.24 bits per heavy atom. The molecule has 1 atom stereocenters. The molecule has 2 heterocycles. The molecule has 1 aromatic heterocycles. The Hall–Kier alpha value is -1.36. The number of nitrogens with zero attached hydrogens (tertiary/aromatic N) is 3. The van der Waals surface area contributed by atoms with Gasteiger partial charge in [-0.2, -0.15) is 0 Å². The van der Waals surface area contributed by atoms with Crippen LogP contribution in [-0.2, 0) is 11.2 Å². The minimum Gasteiger partial charge on any atom is -0.458 e. The van der Waals surface area contributed by atoms with Gasteiger partial charge in [-0.05, 0) is 31.2 Å². The zero-order chi connectivity index (χ0) is 15.1. The third-order valence-electron chi connectivity index (χ3n) is 3.62. The summed E-state index contributed by atoms with van der Waals surface area (Å²) in [5.41, 5.74) is 1.09. The van der Waals surface area contributed by atoms with E-state index in [0.29, 0.717) is 24.9 Å². The molecule has 1 aliphatic rings. The largest absolute Gasteiger partial charge is 0.458 e. The van der Waals surface area contributed by atoms with E-state index in [-0.39, 0.29) is 12.0 Å². The number of likely N-dealkylation sites (tertiary alicyclic amines) is 1. The van der Waals surface area contributed by atoms with Crippen LogP contribution in [0.15, 0.2) is 12.4 Å². The summed E-state index contributed by atoms with van der Waals surface area (Å²) >= 11 is 5.63. The molecule has 1 unspecified atom stereocenters. The molecule has 1 amide bonds. The third-order valence-corrected chi connectivity index (χ3v) is 3.88. The fourth-order valence-electron chi connectivity index (χ4n) is 2.37. The Balaban J connectivity index is 1.86. The average molecular weight is 312 g/mol. The summed E-state index contributed by atoms with van der Waals surface area (Å²) in [7, 11) is 0. The van der Waals surface area contributed by atoms with Crippen LogP contribution >= 0.6 is 11.6 Å². The number of aromatic nitrogens is 2. The second-order valence-corrected chi connectivity index (χ2v) is 5.62. The molecule has 2 rings (SSSR count). The zero-order valence-electron chi connectivity index (χ0n) is 12.4. The number of alkyl halides is 1. The molecular formula is C15H22ClN3O2. The van der Waals surface area contributed by atoms with E-state index in [1.54, 1.807) is 12.4 Å². The highest BCUT2D eigenvalue weighted by atomic mass is 35.5. The summed E-state index contributed by atoms with van der Waals surface area (Å²) in [6.45, 7) is 3.47. The van der Waals surface area contributed by atoms with Crippen molar-refractivity contribution in [2.24, 2.45) is 0 Å². The smallest absolute Gasteiger partial charge is 0.316 e. The van der Waals surface area contributed by atoms with Gasteiger partial charge >= 0.3 is 6.01 Å². The van der Waals surface area contributed by atoms with Crippen molar-refractivity contribution in [3.63, 3.8) is 0 Å². The predicted molar refractivity (Wildman–Crippen MR) is 81.6 cm³/mol. The quantitative estimate of drug-likeness (QED) is 0.757. The molecule has 0 bridgehead atoms. The Morgan fingerprint density at radius 3 is 2.90 bits per heavy atom. The van der Waals surface area contributed by atoms with Gasteiger partial charge in [-0.25, -0.2) is 9.97 Å². The van der Waals surface area contributed by atoms with Crippen LogP contribution < -0.4 is 4.74 Å². The summed E-state index contributed by atoms with van der Waals surface area (Å²) in [4.78, 5) is 22.3. The van der Waals surface area contributed by atoms with E-state index in [4.69, 9.17) is 16.3 Å². The van der Waals surface area contributed by atoms with Crippen molar-refractivity contribution < 1.29 is 9.53 Å². The molecule has 0 aliphatic carbocycles. The molecule has 1 aliphatic heterocycles. The molecular weight excluding hydrogens is 290 g/mol. The van der Waals surface area contributed by atoms with E-state index in [9.17, 15) is 4.79 Å². The number of piperidine rings is 1. The standard InChI is InChI=1S/C15H22ClN3O2/c1-2-12-9-17-15(18-10-12)21-13-5-4-8-19(11-13)14(20)6-3-7-16/h9-10,13H,2-8,11H2,1H3. The van der Waals surface area contributed by atoms with Crippen molar-refractivity contribution in [2.45, 2.75) is 45.1 Å². The Kier molecular flexibility index (Phi) is 6.23. The number of amides is 1. The monoisotopic (exact) mass is 311 g/mol. The van der Waals surface area contributed by atoms with Gasteiger partial charge in [0.2, 0.25) is 5.91 Å². The molecule has 0 N–H and O–H groups in total. The van der Waals surface area contributed by atoms with Crippen LogP contribution in [0.5, 0.6) is 6.01 Å². The number of carbonyl (C=O) groups excluding carboxylic acids is 1. The van der Waals surface area contributed by atoms with E-state index < -0.39 is 0 Å². The zero-order valence-corrected chi connectivity index (χ0v) is 13.2. The van der Waals surface area contributed by atoms with Crippen LogP contribution in [0.3, 0.4) is 0 Å². The van der Waals surface area contributed by atoms with Gasteiger partial charge in [-0.3, -0.25) is 4.79 Å². The second-order valence-electron chi connectivity index (χ2n) is 5.24. The lowest BCUT2D eigenvalue weighted by atomic mass is 10.1. The highest BCUT2D eigenvalue weighted by Crippen LogP contribution is 2.16. The molecule has 21 heavy (non-hydrogen) atoms. The second kappa shape index (κ2) is 8.17. The summed E-state index contributed by atoms with van der Waals surface area (Å²) in [5, 5.41) is 0. The lowest BCUT2D eigenvalue weighted by molar-refractivity contribution is -0.133. The van der Waals surface area contributed by atoms with E-state index in [1.165, 1.54) is 0 Å². The minimum atomic E-state index is -0.0221. The first kappa shape index (κ1) is 16.0. The third kappa shape index (κ3) is 4.84. The highest BCUT2D eigenvalue weighted by molar-refractivity contribution is 6.17. The summed E-state index contributed by atoms with van der Waals surface area (Å²) < 4.78 is 5.80. The van der Waals surface area contributed by atoms with Crippen molar-refractivity contribution in [3.05, 3.63) is 18.0 Å². The summed E-state index contributed by atoms with van der Waals surface area (Å²) in [6, 6.07) is 0.396. The SMILES string of the molecule is CCc1cnc(OC2CCCN(C(=O)CCCCl)C2)nc1. The van der Waals surface area contributed by atoms with Crippen LogP contribution in [0.1, 0.15) is 38.2 Å². The first-order valence-corrected chi connectivity index (χ1v) is 8.07. The number of hydrogen-bond donors (Lipinski definition) is 0. The molecule has 0 radical (unpaired) electrons. The Morgan fingerprint density at radius 1 is 1.48 bits per heavy atom. The number of halogens is 1. The van der Waals surface area contributed by atoms with Gasteiger partial charge in [-0.15, -0.1) is 11.6 Å². The van der Waals surface area contributed by atoms with Crippen LogP contribution in [0.25, 0.3) is 0 Å². The van der Waals surface area contributed by atoms with Crippen LogP contribution in [-0.4, -0.2) is 45.8 Å². The summed E-state index contributed by atoms with van der Waals surface area (Å²) in [6.07, 6.45) is 7.58. The van der Waals surface area contributed by atoms with Crippen molar-refractivity contribution in [1.29, 1.82) is 0 Å². The van der Waals surface area contributed by atoms with Gasteiger partial charge in [-0.1, -0.05) is 6.92 Å². The molecule has 6 heteroatoms. The maximum atomic E-state index is 12.0. The number of hydrogen-bond acceptors (Lipinski definition) is 4. The minimum absolute atomic E-state index is 0.0221. The van der Waals surface area contributed by atoms with Gasteiger partial charge in [0.25, 0.3) is 0 Å². The van der Waals surface area contributed by atoms with Crippen molar-refractivity contribution in [1.82, 2.24) is 14.9 Å². The molecule has 116 valence electrons. The molecule has 1 aromatic rings. The van der Waals surface area contributed by atoms with Gasteiger partial charge in [0, 0.05) is 31.2 Å². The maximum Gasteiger partial charge on any atom is 0.316 e. The number of rotatable bonds is 6. The maximum absolute atomic E-state index is 12.0. The normalized spacial score (nSPS) is 18.6. The van der Waals surface area contributed by atoms with Crippen molar-refractivity contribution in [3.8, 4) is 6.01 Å². The van der Waals surface area contributed by atoms with E-state index in [2.05, 4.69) is 16.9 Å². The predicted octanol–water partition coefficient (Wildman–Crippen LogP) is 2.43.